The third kappa shape index (κ3) is 6.67. The summed E-state index contributed by atoms with van der Waals surface area (Å²) in [6, 6.07) is 6.50. The van der Waals surface area contributed by atoms with Crippen LogP contribution in [0.15, 0.2) is 30.3 Å². The van der Waals surface area contributed by atoms with Gasteiger partial charge in [-0.25, -0.2) is 9.59 Å². The lowest BCUT2D eigenvalue weighted by Crippen LogP contribution is -2.58. The van der Waals surface area contributed by atoms with Crippen LogP contribution >= 0.6 is 0 Å². The van der Waals surface area contributed by atoms with Gasteiger partial charge in [-0.1, -0.05) is 51.1 Å². The maximum Gasteiger partial charge on any atom is 0.408 e. The number of hydrogen-bond donors (Lipinski definition) is 3. The maximum absolute atomic E-state index is 13.4. The molecule has 0 aromatic heterocycles. The van der Waals surface area contributed by atoms with Crippen molar-refractivity contribution in [3.63, 3.8) is 0 Å². The van der Waals surface area contributed by atoms with Crippen molar-refractivity contribution < 1.29 is 34.1 Å². The molecule has 32 heavy (non-hydrogen) atoms. The van der Waals surface area contributed by atoms with Gasteiger partial charge in [-0.05, 0) is 31.7 Å². The van der Waals surface area contributed by atoms with Crippen molar-refractivity contribution in [3.05, 3.63) is 35.9 Å². The molecule has 3 N–H and O–H groups in total. The molecule has 0 radical (unpaired) electrons. The molecule has 178 valence electrons. The summed E-state index contributed by atoms with van der Waals surface area (Å²) >= 11 is 0. The fraction of sp³-hybridized carbons (Fsp3) is 0.609. The van der Waals surface area contributed by atoms with Crippen LogP contribution in [0.3, 0.4) is 0 Å². The number of esters is 1. The topological polar surface area (TPSA) is 125 Å². The van der Waals surface area contributed by atoms with Gasteiger partial charge in [0.25, 0.3) is 0 Å². The molecule has 9 nitrogen and oxygen atoms in total. The number of carbonyl (C=O) groups excluding carboxylic acids is 3. The van der Waals surface area contributed by atoms with E-state index in [1.165, 1.54) is 0 Å². The number of hydrogen-bond acceptors (Lipinski definition) is 7. The Labute approximate surface area is 188 Å². The molecule has 0 bridgehead atoms. The highest BCUT2D eigenvalue weighted by molar-refractivity contribution is 5.91. The van der Waals surface area contributed by atoms with Gasteiger partial charge in [0.05, 0.1) is 6.54 Å². The number of β-amino-alcohol motifs (C(OH)–C–C–N with tert-alkyl or cyclic N) is 1. The zero-order valence-electron chi connectivity index (χ0n) is 19.5. The molecule has 1 saturated heterocycles. The fourth-order valence-corrected chi connectivity index (χ4v) is 3.37. The van der Waals surface area contributed by atoms with Crippen molar-refractivity contribution >= 4 is 18.0 Å². The minimum absolute atomic E-state index is 0.0418. The minimum Gasteiger partial charge on any atom is -0.459 e. The van der Waals surface area contributed by atoms with Crippen LogP contribution in [0.4, 0.5) is 4.79 Å². The lowest BCUT2D eigenvalue weighted by atomic mass is 9.85. The number of alkyl carbamates (subject to hydrolysis) is 1. The summed E-state index contributed by atoms with van der Waals surface area (Å²) in [5.74, 6) is -1.46. The van der Waals surface area contributed by atoms with E-state index in [1.807, 2.05) is 6.07 Å². The van der Waals surface area contributed by atoms with E-state index in [-0.39, 0.29) is 13.2 Å². The Kier molecular flexibility index (Phi) is 7.90. The molecule has 1 fully saturated rings. The summed E-state index contributed by atoms with van der Waals surface area (Å²) in [4.78, 5) is 39.6. The first-order valence-electron chi connectivity index (χ1n) is 10.6. The molecule has 1 aliphatic rings. The van der Waals surface area contributed by atoms with Crippen LogP contribution in [-0.4, -0.2) is 69.5 Å². The molecule has 9 heteroatoms. The van der Waals surface area contributed by atoms with Gasteiger partial charge < -0.3 is 29.9 Å². The maximum atomic E-state index is 13.4. The molecule has 1 aromatic rings. The highest BCUT2D eigenvalue weighted by Gasteiger charge is 2.50. The molecule has 1 aliphatic heterocycles. The lowest BCUT2D eigenvalue weighted by molar-refractivity contribution is -0.159. The summed E-state index contributed by atoms with van der Waals surface area (Å²) in [7, 11) is 0. The standard InChI is InChI=1S/C23H34N2O7/c1-22(2,3)18(24-21(30)32-23(4,5)6)19(28)25-12-15(26)17(27)16(25)20(29)31-13-14-10-8-7-9-11-14/h7-11,15-18,26-27H,12-13H2,1-6H3,(H,24,30)/t15-,16-,17-,18+/m0/s1. The molecule has 0 aliphatic carbocycles. The van der Waals surface area contributed by atoms with Crippen LogP contribution in [0.2, 0.25) is 0 Å². The molecule has 1 heterocycles. The van der Waals surface area contributed by atoms with Gasteiger partial charge in [0.1, 0.15) is 30.5 Å². The molecule has 0 unspecified atom stereocenters. The van der Waals surface area contributed by atoms with E-state index < -0.39 is 53.3 Å². The zero-order chi connectivity index (χ0) is 24.3. The van der Waals surface area contributed by atoms with Gasteiger partial charge in [0.2, 0.25) is 5.91 Å². The highest BCUT2D eigenvalue weighted by Crippen LogP contribution is 2.27. The molecule has 4 atom stereocenters. The minimum atomic E-state index is -1.51. The first-order chi connectivity index (χ1) is 14.7. The van der Waals surface area contributed by atoms with Crippen molar-refractivity contribution in [3.8, 4) is 0 Å². The van der Waals surface area contributed by atoms with Crippen molar-refractivity contribution in [1.82, 2.24) is 10.2 Å². The van der Waals surface area contributed by atoms with Gasteiger partial charge in [-0.2, -0.15) is 0 Å². The van der Waals surface area contributed by atoms with E-state index in [0.717, 1.165) is 10.5 Å². The molecule has 2 rings (SSSR count). The number of aliphatic hydroxyl groups excluding tert-OH is 2. The third-order valence-corrected chi connectivity index (χ3v) is 4.96. The summed E-state index contributed by atoms with van der Waals surface area (Å²) in [6.45, 7) is 10.0. The monoisotopic (exact) mass is 450 g/mol. The fourth-order valence-electron chi connectivity index (χ4n) is 3.37. The van der Waals surface area contributed by atoms with E-state index >= 15 is 0 Å². The highest BCUT2D eigenvalue weighted by atomic mass is 16.6. The smallest absolute Gasteiger partial charge is 0.408 e. The number of amides is 2. The van der Waals surface area contributed by atoms with Gasteiger partial charge in [-0.3, -0.25) is 4.79 Å². The summed E-state index contributed by atoms with van der Waals surface area (Å²) < 4.78 is 10.6. The van der Waals surface area contributed by atoms with E-state index in [4.69, 9.17) is 9.47 Å². The second-order valence-corrected chi connectivity index (χ2v) is 10.0. The number of nitrogens with one attached hydrogen (secondary N) is 1. The zero-order valence-corrected chi connectivity index (χ0v) is 19.5. The lowest BCUT2D eigenvalue weighted by Gasteiger charge is -2.35. The van der Waals surface area contributed by atoms with Crippen molar-refractivity contribution in [2.24, 2.45) is 5.41 Å². The summed E-state index contributed by atoms with van der Waals surface area (Å²) in [5, 5.41) is 23.2. The van der Waals surface area contributed by atoms with Crippen molar-refractivity contribution in [2.45, 2.75) is 78.0 Å². The SMILES string of the molecule is CC(C)(C)OC(=O)N[C@H](C(=O)N1C[C@H](O)[C@H](O)[C@H]1C(=O)OCc1ccccc1)C(C)(C)C. The Morgan fingerprint density at radius 2 is 1.69 bits per heavy atom. The predicted octanol–water partition coefficient (Wildman–Crippen LogP) is 1.60. The molecular weight excluding hydrogens is 416 g/mol. The number of likely N-dealkylation sites (tertiary alicyclic amines) is 1. The van der Waals surface area contributed by atoms with Crippen LogP contribution < -0.4 is 5.32 Å². The number of rotatable bonds is 5. The Balaban J connectivity index is 2.20. The van der Waals surface area contributed by atoms with Gasteiger partial charge in [0.15, 0.2) is 6.04 Å². The third-order valence-electron chi connectivity index (χ3n) is 4.96. The van der Waals surface area contributed by atoms with Crippen LogP contribution in [0.25, 0.3) is 0 Å². The van der Waals surface area contributed by atoms with Crippen molar-refractivity contribution in [2.75, 3.05) is 6.54 Å². The Morgan fingerprint density at radius 1 is 1.09 bits per heavy atom. The average Bonchev–Trinajstić information content (AvgIpc) is 2.97. The molecular formula is C23H34N2O7. The van der Waals surface area contributed by atoms with Crippen LogP contribution in [0.1, 0.15) is 47.1 Å². The second kappa shape index (κ2) is 9.87. The Bertz CT molecular complexity index is 814. The van der Waals surface area contributed by atoms with Crippen LogP contribution in [-0.2, 0) is 25.7 Å². The average molecular weight is 451 g/mol. The van der Waals surface area contributed by atoms with E-state index in [2.05, 4.69) is 5.32 Å². The van der Waals surface area contributed by atoms with Crippen LogP contribution in [0.5, 0.6) is 0 Å². The first kappa shape index (κ1) is 25.6. The second-order valence-electron chi connectivity index (χ2n) is 10.0. The Hall–Kier alpha value is -2.65. The number of ether oxygens (including phenoxy) is 2. The normalized spacial score (nSPS) is 22.2. The molecule has 0 saturated carbocycles. The van der Waals surface area contributed by atoms with Gasteiger partial charge >= 0.3 is 12.1 Å². The number of carbonyl (C=O) groups is 3. The number of aliphatic hydroxyl groups is 2. The molecule has 0 spiro atoms. The van der Waals surface area contributed by atoms with Gasteiger partial charge in [-0.15, -0.1) is 0 Å². The molecule has 2 amide bonds. The number of nitrogens with zero attached hydrogens (tertiary/aromatic N) is 1. The number of benzene rings is 1. The van der Waals surface area contributed by atoms with Gasteiger partial charge in [0, 0.05) is 0 Å². The quantitative estimate of drug-likeness (QED) is 0.582. The molecule has 1 aromatic carbocycles. The Morgan fingerprint density at radius 3 is 2.22 bits per heavy atom. The summed E-state index contributed by atoms with van der Waals surface area (Å²) in [6.07, 6.45) is -3.62. The largest absolute Gasteiger partial charge is 0.459 e. The van der Waals surface area contributed by atoms with E-state index in [0.29, 0.717) is 0 Å². The van der Waals surface area contributed by atoms with Crippen molar-refractivity contribution in [1.29, 1.82) is 0 Å². The first-order valence-corrected chi connectivity index (χ1v) is 10.6. The summed E-state index contributed by atoms with van der Waals surface area (Å²) in [5.41, 5.74) is -0.768. The van der Waals surface area contributed by atoms with E-state index in [1.54, 1.807) is 65.8 Å². The van der Waals surface area contributed by atoms with E-state index in [9.17, 15) is 24.6 Å². The van der Waals surface area contributed by atoms with Crippen LogP contribution in [0, 0.1) is 5.41 Å². The predicted molar refractivity (Wildman–Crippen MR) is 116 cm³/mol.